The molecule has 8 nitrogen and oxygen atoms in total. The van der Waals surface area contributed by atoms with Crippen molar-refractivity contribution in [3.05, 3.63) is 46.4 Å². The highest BCUT2D eigenvalue weighted by molar-refractivity contribution is 9.10. The van der Waals surface area contributed by atoms with Crippen LogP contribution < -0.4 is 25.0 Å². The molecular formula is C18H16BrN3O5. The average molecular weight is 434 g/mol. The van der Waals surface area contributed by atoms with Crippen molar-refractivity contribution in [2.24, 2.45) is 5.10 Å². The van der Waals surface area contributed by atoms with Crippen LogP contribution in [0, 0.1) is 0 Å². The topological polar surface area (TPSA) is 98.2 Å². The molecule has 9 heteroatoms. The predicted octanol–water partition coefficient (Wildman–Crippen LogP) is 2.67. The number of benzene rings is 2. The lowest BCUT2D eigenvalue weighted by Gasteiger charge is -2.06. The summed E-state index contributed by atoms with van der Waals surface area (Å²) in [5.41, 5.74) is 3.31. The Labute approximate surface area is 163 Å². The van der Waals surface area contributed by atoms with E-state index >= 15 is 0 Å². The van der Waals surface area contributed by atoms with Gasteiger partial charge in [0, 0.05) is 15.7 Å². The number of halogens is 1. The van der Waals surface area contributed by atoms with Crippen molar-refractivity contribution < 1.29 is 23.8 Å². The number of nitrogens with zero attached hydrogens (tertiary/aromatic N) is 1. The highest BCUT2D eigenvalue weighted by atomic mass is 79.9. The van der Waals surface area contributed by atoms with Gasteiger partial charge in [0.05, 0.1) is 12.8 Å². The summed E-state index contributed by atoms with van der Waals surface area (Å²) >= 11 is 3.38. The summed E-state index contributed by atoms with van der Waals surface area (Å²) in [5, 5.41) is 6.28. The van der Waals surface area contributed by atoms with Gasteiger partial charge in [-0.25, -0.2) is 5.43 Å². The van der Waals surface area contributed by atoms with Crippen LogP contribution in [0.25, 0.3) is 0 Å². The lowest BCUT2D eigenvalue weighted by Crippen LogP contribution is -2.32. The summed E-state index contributed by atoms with van der Waals surface area (Å²) in [4.78, 5) is 23.8. The van der Waals surface area contributed by atoms with E-state index in [1.807, 2.05) is 6.92 Å². The van der Waals surface area contributed by atoms with Gasteiger partial charge in [0.25, 0.3) is 0 Å². The van der Waals surface area contributed by atoms with Gasteiger partial charge in [-0.05, 0) is 59.3 Å². The molecule has 2 N–H and O–H groups in total. The Morgan fingerprint density at radius 1 is 1.19 bits per heavy atom. The van der Waals surface area contributed by atoms with Gasteiger partial charge in [-0.2, -0.15) is 5.10 Å². The SMILES string of the molecule is CCOc1ccc(NC(=O)C(=O)NN=Cc2cc3c(cc2Br)OCO3)cc1. The summed E-state index contributed by atoms with van der Waals surface area (Å²) in [6.45, 7) is 2.58. The van der Waals surface area contributed by atoms with Gasteiger partial charge < -0.3 is 19.5 Å². The molecule has 0 radical (unpaired) electrons. The Bertz CT molecular complexity index is 883. The fourth-order valence-corrected chi connectivity index (χ4v) is 2.66. The third kappa shape index (κ3) is 4.76. The molecule has 0 aromatic heterocycles. The normalized spacial score (nSPS) is 12.1. The number of rotatable bonds is 5. The Hall–Kier alpha value is -3.07. The largest absolute Gasteiger partial charge is 0.494 e. The van der Waals surface area contributed by atoms with Crippen LogP contribution in [-0.2, 0) is 9.59 Å². The zero-order valence-corrected chi connectivity index (χ0v) is 15.9. The molecule has 2 amide bonds. The fourth-order valence-electron chi connectivity index (χ4n) is 2.23. The summed E-state index contributed by atoms with van der Waals surface area (Å²) in [6.07, 6.45) is 1.40. The standard InChI is InChI=1S/C18H16BrN3O5/c1-2-25-13-5-3-12(4-6-13)21-17(23)18(24)22-20-9-11-7-15-16(8-14(11)19)27-10-26-15/h3-9H,2,10H2,1H3,(H,21,23)(H,22,24). The Kier molecular flexibility index (Phi) is 5.92. The van der Waals surface area contributed by atoms with E-state index in [1.165, 1.54) is 6.21 Å². The number of fused-ring (bicyclic) bond motifs is 1. The highest BCUT2D eigenvalue weighted by Gasteiger charge is 2.16. The molecule has 2 aromatic carbocycles. The molecule has 1 aliphatic rings. The molecule has 1 aliphatic heterocycles. The van der Waals surface area contributed by atoms with Crippen molar-refractivity contribution in [1.82, 2.24) is 5.43 Å². The fraction of sp³-hybridized carbons (Fsp3) is 0.167. The van der Waals surface area contributed by atoms with Crippen LogP contribution in [0.15, 0.2) is 46.0 Å². The molecule has 1 heterocycles. The third-order valence-corrected chi connectivity index (χ3v) is 4.18. The predicted molar refractivity (Wildman–Crippen MR) is 102 cm³/mol. The number of amides is 2. The van der Waals surface area contributed by atoms with Gasteiger partial charge in [-0.15, -0.1) is 0 Å². The number of ether oxygens (including phenoxy) is 3. The molecule has 0 saturated carbocycles. The minimum absolute atomic E-state index is 0.158. The lowest BCUT2D eigenvalue weighted by atomic mass is 10.2. The molecule has 0 spiro atoms. The van der Waals surface area contributed by atoms with E-state index in [9.17, 15) is 9.59 Å². The number of carbonyl (C=O) groups is 2. The first-order chi connectivity index (χ1) is 13.1. The van der Waals surface area contributed by atoms with Crippen LogP contribution in [0.1, 0.15) is 12.5 Å². The van der Waals surface area contributed by atoms with Crippen LogP contribution in [0.2, 0.25) is 0 Å². The van der Waals surface area contributed by atoms with Crippen molar-refractivity contribution >= 4 is 39.6 Å². The molecule has 3 rings (SSSR count). The maximum absolute atomic E-state index is 11.9. The first-order valence-electron chi connectivity index (χ1n) is 8.03. The van der Waals surface area contributed by atoms with Crippen molar-refractivity contribution in [1.29, 1.82) is 0 Å². The van der Waals surface area contributed by atoms with Gasteiger partial charge in [0.15, 0.2) is 11.5 Å². The van der Waals surface area contributed by atoms with Crippen LogP contribution in [-0.4, -0.2) is 31.4 Å². The number of anilines is 1. The zero-order chi connectivity index (χ0) is 19.2. The molecular weight excluding hydrogens is 418 g/mol. The smallest absolute Gasteiger partial charge is 0.329 e. The van der Waals surface area contributed by atoms with Gasteiger partial charge >= 0.3 is 11.8 Å². The van der Waals surface area contributed by atoms with E-state index in [-0.39, 0.29) is 6.79 Å². The average Bonchev–Trinajstić information content (AvgIpc) is 3.10. The molecule has 0 atom stereocenters. The Morgan fingerprint density at radius 2 is 1.89 bits per heavy atom. The summed E-state index contributed by atoms with van der Waals surface area (Å²) in [5.74, 6) is 0.161. The minimum atomic E-state index is -0.892. The zero-order valence-electron chi connectivity index (χ0n) is 14.3. The highest BCUT2D eigenvalue weighted by Crippen LogP contribution is 2.36. The van der Waals surface area contributed by atoms with E-state index in [1.54, 1.807) is 36.4 Å². The van der Waals surface area contributed by atoms with Crippen molar-refractivity contribution in [2.75, 3.05) is 18.7 Å². The molecule has 27 heavy (non-hydrogen) atoms. The molecule has 140 valence electrons. The van der Waals surface area contributed by atoms with Gasteiger partial charge in [0.1, 0.15) is 5.75 Å². The van der Waals surface area contributed by atoms with Crippen LogP contribution in [0.3, 0.4) is 0 Å². The molecule has 0 saturated heterocycles. The maximum Gasteiger partial charge on any atom is 0.329 e. The summed E-state index contributed by atoms with van der Waals surface area (Å²) < 4.78 is 16.6. The number of hydrogen-bond acceptors (Lipinski definition) is 6. The van der Waals surface area contributed by atoms with Crippen LogP contribution >= 0.6 is 15.9 Å². The summed E-state index contributed by atoms with van der Waals surface area (Å²) in [7, 11) is 0. The van der Waals surface area contributed by atoms with Gasteiger partial charge in [-0.1, -0.05) is 0 Å². The first kappa shape index (κ1) is 18.7. The van der Waals surface area contributed by atoms with E-state index in [4.69, 9.17) is 14.2 Å². The molecule has 2 aromatic rings. The molecule has 0 unspecified atom stereocenters. The monoisotopic (exact) mass is 433 g/mol. The van der Waals surface area contributed by atoms with E-state index in [0.29, 0.717) is 39.6 Å². The van der Waals surface area contributed by atoms with Crippen molar-refractivity contribution in [3.8, 4) is 17.2 Å². The number of hydrazone groups is 1. The van der Waals surface area contributed by atoms with Crippen LogP contribution in [0.4, 0.5) is 5.69 Å². The van der Waals surface area contributed by atoms with Gasteiger partial charge in [-0.3, -0.25) is 9.59 Å². The second-order valence-corrected chi connectivity index (χ2v) is 6.19. The summed E-state index contributed by atoms with van der Waals surface area (Å²) in [6, 6.07) is 10.1. The molecule has 0 aliphatic carbocycles. The maximum atomic E-state index is 11.9. The number of hydrogen-bond donors (Lipinski definition) is 2. The van der Waals surface area contributed by atoms with E-state index in [0.717, 1.165) is 0 Å². The number of nitrogens with one attached hydrogen (secondary N) is 2. The molecule has 0 fully saturated rings. The Morgan fingerprint density at radius 3 is 2.59 bits per heavy atom. The van der Waals surface area contributed by atoms with Crippen molar-refractivity contribution in [2.45, 2.75) is 6.92 Å². The second-order valence-electron chi connectivity index (χ2n) is 5.34. The van der Waals surface area contributed by atoms with Crippen LogP contribution in [0.5, 0.6) is 17.2 Å². The van der Waals surface area contributed by atoms with Crippen molar-refractivity contribution in [3.63, 3.8) is 0 Å². The first-order valence-corrected chi connectivity index (χ1v) is 8.82. The molecule has 0 bridgehead atoms. The quantitative estimate of drug-likeness (QED) is 0.429. The third-order valence-electron chi connectivity index (χ3n) is 3.49. The minimum Gasteiger partial charge on any atom is -0.494 e. The van der Waals surface area contributed by atoms with Gasteiger partial charge in [0.2, 0.25) is 6.79 Å². The number of carbonyl (C=O) groups excluding carboxylic acids is 2. The second kappa shape index (κ2) is 8.54. The van der Waals surface area contributed by atoms with E-state index < -0.39 is 11.8 Å². The van der Waals surface area contributed by atoms with E-state index in [2.05, 4.69) is 31.8 Å². The Balaban J connectivity index is 1.55. The lowest BCUT2D eigenvalue weighted by molar-refractivity contribution is -0.136.